The highest BCUT2D eigenvalue weighted by molar-refractivity contribution is 6.04. The first kappa shape index (κ1) is 28.5. The molecule has 224 valence electrons. The van der Waals surface area contributed by atoms with Crippen molar-refractivity contribution in [3.63, 3.8) is 0 Å². The second kappa shape index (κ2) is 11.6. The number of rotatable bonds is 8. The fourth-order valence-corrected chi connectivity index (χ4v) is 4.90. The molecule has 0 bridgehead atoms. The molecule has 0 atom stereocenters. The highest BCUT2D eigenvalue weighted by Gasteiger charge is 2.31. The van der Waals surface area contributed by atoms with E-state index >= 15 is 0 Å². The van der Waals surface area contributed by atoms with Gasteiger partial charge in [-0.15, -0.1) is 5.10 Å². The summed E-state index contributed by atoms with van der Waals surface area (Å²) in [4.78, 5) is 25.9. The van der Waals surface area contributed by atoms with Crippen LogP contribution in [0.25, 0.3) is 5.82 Å². The van der Waals surface area contributed by atoms with Crippen LogP contribution in [-0.2, 0) is 10.9 Å². The van der Waals surface area contributed by atoms with Crippen LogP contribution in [0.3, 0.4) is 0 Å². The molecule has 0 unspecified atom stereocenters. The first-order chi connectivity index (χ1) is 20.7. The Morgan fingerprint density at radius 2 is 1.81 bits per heavy atom. The van der Waals surface area contributed by atoms with Crippen LogP contribution >= 0.6 is 0 Å². The molecule has 1 saturated heterocycles. The molecule has 1 amide bonds. The molecule has 2 aliphatic rings. The number of amides is 1. The van der Waals surface area contributed by atoms with Gasteiger partial charge < -0.3 is 25.2 Å². The maximum absolute atomic E-state index is 13.2. The Kier molecular flexibility index (Phi) is 7.65. The third-order valence-corrected chi connectivity index (χ3v) is 7.44. The molecule has 2 aromatic heterocycles. The largest absolute Gasteiger partial charge is 0.416 e. The lowest BCUT2D eigenvalue weighted by molar-refractivity contribution is -0.137. The number of carbonyl (C=O) groups is 1. The Morgan fingerprint density at radius 3 is 2.56 bits per heavy atom. The number of nitrogens with zero attached hydrogens (tertiary/aromatic N) is 6. The van der Waals surface area contributed by atoms with Crippen LogP contribution in [0, 0.1) is 6.92 Å². The fraction of sp³-hybridized carbons (Fsp3) is 0.333. The van der Waals surface area contributed by atoms with Gasteiger partial charge in [0.15, 0.2) is 11.6 Å². The van der Waals surface area contributed by atoms with Crippen molar-refractivity contribution in [2.75, 3.05) is 53.8 Å². The van der Waals surface area contributed by atoms with Crippen LogP contribution < -0.4 is 20.4 Å². The zero-order chi connectivity index (χ0) is 30.1. The molecule has 2 aromatic carbocycles. The lowest BCUT2D eigenvalue weighted by Crippen LogP contribution is -2.36. The molecule has 10 nitrogen and oxygen atoms in total. The third-order valence-electron chi connectivity index (χ3n) is 7.44. The van der Waals surface area contributed by atoms with Gasteiger partial charge in [0.1, 0.15) is 18.0 Å². The lowest BCUT2D eigenvalue weighted by Gasteiger charge is -2.26. The van der Waals surface area contributed by atoms with Gasteiger partial charge in [-0.3, -0.25) is 4.79 Å². The van der Waals surface area contributed by atoms with E-state index in [9.17, 15) is 18.0 Å². The Balaban J connectivity index is 1.32. The van der Waals surface area contributed by atoms with Gasteiger partial charge in [-0.2, -0.15) is 17.9 Å². The summed E-state index contributed by atoms with van der Waals surface area (Å²) in [6.07, 6.45) is -0.820. The first-order valence-electron chi connectivity index (χ1n) is 14.0. The molecule has 1 saturated carbocycles. The molecular formula is C30H31F3N8O2. The molecule has 13 heteroatoms. The van der Waals surface area contributed by atoms with Crippen LogP contribution in [-0.4, -0.2) is 65.0 Å². The van der Waals surface area contributed by atoms with Gasteiger partial charge in [-0.1, -0.05) is 12.1 Å². The molecule has 3 heterocycles. The number of morpholine rings is 1. The van der Waals surface area contributed by atoms with Crippen molar-refractivity contribution in [2.24, 2.45) is 0 Å². The average molecular weight is 593 g/mol. The molecule has 2 fully saturated rings. The molecule has 2 N–H and O–H groups in total. The number of halogens is 3. The summed E-state index contributed by atoms with van der Waals surface area (Å²) >= 11 is 0. The van der Waals surface area contributed by atoms with Crippen LogP contribution in [0.4, 0.5) is 42.0 Å². The summed E-state index contributed by atoms with van der Waals surface area (Å²) in [5, 5.41) is 11.1. The summed E-state index contributed by atoms with van der Waals surface area (Å²) in [6.45, 7) is 4.56. The fourth-order valence-electron chi connectivity index (χ4n) is 4.90. The SMILES string of the molecule is Cc1ccc(NC(=O)c2cccc(C(F)(F)F)c2)cc1N(C)c1cc(N2CCOCC2)nn1-c1cc(NC2CC2)ncn1. The number of ether oxygens (including phenoxy) is 1. The molecule has 4 aromatic rings. The number of alkyl halides is 3. The minimum Gasteiger partial charge on any atom is -0.378 e. The second-order valence-electron chi connectivity index (χ2n) is 10.6. The first-order valence-corrected chi connectivity index (χ1v) is 14.0. The van der Waals surface area contributed by atoms with Gasteiger partial charge in [0.05, 0.1) is 18.8 Å². The van der Waals surface area contributed by atoms with E-state index in [1.165, 1.54) is 18.5 Å². The maximum atomic E-state index is 13.2. The minimum absolute atomic E-state index is 0.0853. The van der Waals surface area contributed by atoms with E-state index < -0.39 is 17.6 Å². The summed E-state index contributed by atoms with van der Waals surface area (Å²) in [6, 6.07) is 14.0. The zero-order valence-electron chi connectivity index (χ0n) is 23.7. The summed E-state index contributed by atoms with van der Waals surface area (Å²) in [5.74, 6) is 2.17. The van der Waals surface area contributed by atoms with Crippen molar-refractivity contribution in [2.45, 2.75) is 32.0 Å². The van der Waals surface area contributed by atoms with Gasteiger partial charge >= 0.3 is 6.18 Å². The Hall–Kier alpha value is -4.65. The highest BCUT2D eigenvalue weighted by atomic mass is 19.4. The normalized spacial score (nSPS) is 15.3. The van der Waals surface area contributed by atoms with Gasteiger partial charge in [0.2, 0.25) is 0 Å². The van der Waals surface area contributed by atoms with Crippen molar-refractivity contribution in [1.82, 2.24) is 19.7 Å². The van der Waals surface area contributed by atoms with Crippen molar-refractivity contribution < 1.29 is 22.7 Å². The van der Waals surface area contributed by atoms with Crippen LogP contribution in [0.1, 0.15) is 34.3 Å². The van der Waals surface area contributed by atoms with Gasteiger partial charge in [-0.05, 0) is 55.7 Å². The Bertz CT molecular complexity index is 1630. The Labute approximate surface area is 246 Å². The summed E-state index contributed by atoms with van der Waals surface area (Å²) in [5.41, 5.74) is 1.15. The van der Waals surface area contributed by atoms with Gasteiger partial charge in [0, 0.05) is 55.2 Å². The van der Waals surface area contributed by atoms with Gasteiger partial charge in [0.25, 0.3) is 5.91 Å². The van der Waals surface area contributed by atoms with Crippen LogP contribution in [0.15, 0.2) is 60.9 Å². The van der Waals surface area contributed by atoms with E-state index in [0.717, 1.165) is 53.7 Å². The van der Waals surface area contributed by atoms with E-state index in [0.29, 0.717) is 43.9 Å². The predicted octanol–water partition coefficient (Wildman–Crippen LogP) is 5.42. The predicted molar refractivity (Wildman–Crippen MR) is 157 cm³/mol. The van der Waals surface area contributed by atoms with Crippen molar-refractivity contribution in [1.29, 1.82) is 0 Å². The van der Waals surface area contributed by atoms with E-state index in [2.05, 4.69) is 25.5 Å². The van der Waals surface area contributed by atoms with Crippen molar-refractivity contribution in [3.05, 3.63) is 77.6 Å². The number of hydrogen-bond acceptors (Lipinski definition) is 8. The van der Waals surface area contributed by atoms with E-state index in [1.807, 2.05) is 37.1 Å². The van der Waals surface area contributed by atoms with Gasteiger partial charge in [-0.25, -0.2) is 9.97 Å². The average Bonchev–Trinajstić information content (AvgIpc) is 3.71. The highest BCUT2D eigenvalue weighted by Crippen LogP contribution is 2.34. The number of aryl methyl sites for hydroxylation is 1. The number of benzene rings is 2. The zero-order valence-corrected chi connectivity index (χ0v) is 23.7. The Morgan fingerprint density at radius 1 is 1.02 bits per heavy atom. The molecule has 6 rings (SSSR count). The number of carbonyl (C=O) groups excluding carboxylic acids is 1. The smallest absolute Gasteiger partial charge is 0.378 e. The minimum atomic E-state index is -4.54. The monoisotopic (exact) mass is 592 g/mol. The van der Waals surface area contributed by atoms with Crippen LogP contribution in [0.2, 0.25) is 0 Å². The van der Waals surface area contributed by atoms with Crippen LogP contribution in [0.5, 0.6) is 0 Å². The number of anilines is 5. The van der Waals surface area contributed by atoms with E-state index in [-0.39, 0.29) is 5.56 Å². The second-order valence-corrected chi connectivity index (χ2v) is 10.6. The number of nitrogens with one attached hydrogen (secondary N) is 2. The quantitative estimate of drug-likeness (QED) is 0.280. The molecule has 43 heavy (non-hydrogen) atoms. The maximum Gasteiger partial charge on any atom is 0.416 e. The molecule has 0 spiro atoms. The molecule has 0 radical (unpaired) electrons. The molecular weight excluding hydrogens is 561 g/mol. The van der Waals surface area contributed by atoms with E-state index in [1.54, 1.807) is 16.8 Å². The van der Waals surface area contributed by atoms with Crippen molar-refractivity contribution in [3.8, 4) is 5.82 Å². The third kappa shape index (κ3) is 6.41. The number of aromatic nitrogens is 4. The summed E-state index contributed by atoms with van der Waals surface area (Å²) < 4.78 is 46.9. The van der Waals surface area contributed by atoms with E-state index in [4.69, 9.17) is 9.84 Å². The topological polar surface area (TPSA) is 100 Å². The molecule has 1 aliphatic heterocycles. The molecule has 1 aliphatic carbocycles. The lowest BCUT2D eigenvalue weighted by atomic mass is 10.1. The standard InChI is InChI=1S/C30H31F3N8O2/c1-19-6-7-23(37-29(42)20-4-3-5-21(14-20)30(31,32)33)15-24(19)39(2)28-17-27(40-10-12-43-13-11-40)38-41(28)26-16-25(34-18-35-26)36-22-8-9-22/h3-7,14-18,22H,8-13H2,1-2H3,(H,37,42)(H,34,35,36). The summed E-state index contributed by atoms with van der Waals surface area (Å²) in [7, 11) is 1.89. The van der Waals surface area contributed by atoms with Crippen molar-refractivity contribution >= 4 is 34.7 Å². The number of hydrogen-bond donors (Lipinski definition) is 2.